The highest BCUT2D eigenvalue weighted by Gasteiger charge is 2.21. The number of benzene rings is 1. The van der Waals surface area contributed by atoms with Gasteiger partial charge in [-0.25, -0.2) is 0 Å². The summed E-state index contributed by atoms with van der Waals surface area (Å²) >= 11 is 0. The van der Waals surface area contributed by atoms with E-state index in [9.17, 15) is 4.79 Å². The first kappa shape index (κ1) is 17.0. The molecule has 0 amide bonds. The van der Waals surface area contributed by atoms with E-state index in [2.05, 4.69) is 30.6 Å². The zero-order valence-corrected chi connectivity index (χ0v) is 14.3. The smallest absolute Gasteiger partial charge is 0.325 e. The van der Waals surface area contributed by atoms with E-state index >= 15 is 0 Å². The standard InChI is InChI=1S/C18H28N2O2/c1-5-16-8-6-7-15(4)18(16)22-17(21)13-19-9-11-20(12-10-19)14(2)3/h6-8,14H,5,9-13H2,1-4H3. The highest BCUT2D eigenvalue weighted by Crippen LogP contribution is 2.24. The molecule has 0 spiro atoms. The van der Waals surface area contributed by atoms with Crippen LogP contribution in [0.4, 0.5) is 0 Å². The second kappa shape index (κ2) is 7.75. The Morgan fingerprint density at radius 1 is 1.23 bits per heavy atom. The van der Waals surface area contributed by atoms with Crippen molar-refractivity contribution in [3.05, 3.63) is 29.3 Å². The van der Waals surface area contributed by atoms with Crippen LogP contribution in [-0.4, -0.2) is 54.5 Å². The van der Waals surface area contributed by atoms with Crippen LogP contribution in [0.25, 0.3) is 0 Å². The summed E-state index contributed by atoms with van der Waals surface area (Å²) in [4.78, 5) is 16.9. The van der Waals surface area contributed by atoms with Crippen LogP contribution in [0.15, 0.2) is 18.2 Å². The Morgan fingerprint density at radius 3 is 2.50 bits per heavy atom. The third-order valence-corrected chi connectivity index (χ3v) is 4.38. The van der Waals surface area contributed by atoms with Crippen molar-refractivity contribution in [1.29, 1.82) is 0 Å². The maximum absolute atomic E-state index is 12.2. The van der Waals surface area contributed by atoms with Crippen LogP contribution < -0.4 is 4.74 Å². The largest absolute Gasteiger partial charge is 0.425 e. The molecule has 1 aliphatic rings. The van der Waals surface area contributed by atoms with Gasteiger partial charge in [0.25, 0.3) is 0 Å². The van der Waals surface area contributed by atoms with Gasteiger partial charge in [0.15, 0.2) is 0 Å². The summed E-state index contributed by atoms with van der Waals surface area (Å²) < 4.78 is 5.65. The normalized spacial score (nSPS) is 17.0. The fourth-order valence-electron chi connectivity index (χ4n) is 2.90. The van der Waals surface area contributed by atoms with E-state index in [1.807, 2.05) is 25.1 Å². The minimum Gasteiger partial charge on any atom is -0.425 e. The topological polar surface area (TPSA) is 32.8 Å². The van der Waals surface area contributed by atoms with Gasteiger partial charge in [-0.2, -0.15) is 0 Å². The molecule has 0 bridgehead atoms. The Morgan fingerprint density at radius 2 is 1.91 bits per heavy atom. The van der Waals surface area contributed by atoms with Crippen LogP contribution >= 0.6 is 0 Å². The number of esters is 1. The van der Waals surface area contributed by atoms with Gasteiger partial charge in [0.05, 0.1) is 6.54 Å². The second-order valence-corrected chi connectivity index (χ2v) is 6.30. The van der Waals surface area contributed by atoms with Crippen LogP contribution in [0.1, 0.15) is 31.9 Å². The molecule has 1 aromatic rings. The van der Waals surface area contributed by atoms with Gasteiger partial charge < -0.3 is 4.74 Å². The van der Waals surface area contributed by atoms with Gasteiger partial charge in [0.2, 0.25) is 0 Å². The lowest BCUT2D eigenvalue weighted by Gasteiger charge is -2.36. The fraction of sp³-hybridized carbons (Fsp3) is 0.611. The molecule has 1 aromatic carbocycles. The summed E-state index contributed by atoms with van der Waals surface area (Å²) in [6, 6.07) is 6.60. The molecule has 0 radical (unpaired) electrons. The van der Waals surface area contributed by atoms with Crippen LogP contribution in [0.5, 0.6) is 5.75 Å². The van der Waals surface area contributed by atoms with Crippen molar-refractivity contribution in [3.8, 4) is 5.75 Å². The number of aryl methyl sites for hydroxylation is 2. The van der Waals surface area contributed by atoms with E-state index in [1.54, 1.807) is 0 Å². The zero-order chi connectivity index (χ0) is 16.1. The molecule has 1 saturated heterocycles. The summed E-state index contributed by atoms with van der Waals surface area (Å²) in [6.07, 6.45) is 0.872. The average Bonchev–Trinajstić information content (AvgIpc) is 2.49. The monoisotopic (exact) mass is 304 g/mol. The van der Waals surface area contributed by atoms with E-state index in [0.29, 0.717) is 12.6 Å². The van der Waals surface area contributed by atoms with Gasteiger partial charge >= 0.3 is 5.97 Å². The minimum absolute atomic E-state index is 0.151. The van der Waals surface area contributed by atoms with Crippen molar-refractivity contribution in [2.45, 2.75) is 40.2 Å². The first-order valence-electron chi connectivity index (χ1n) is 8.26. The summed E-state index contributed by atoms with van der Waals surface area (Å²) in [5.74, 6) is 0.595. The van der Waals surface area contributed by atoms with Gasteiger partial charge in [-0.15, -0.1) is 0 Å². The third kappa shape index (κ3) is 4.31. The number of carbonyl (C=O) groups is 1. The number of carbonyl (C=O) groups excluding carboxylic acids is 1. The lowest BCUT2D eigenvalue weighted by molar-refractivity contribution is -0.136. The molecule has 1 fully saturated rings. The van der Waals surface area contributed by atoms with Gasteiger partial charge in [0.1, 0.15) is 5.75 Å². The number of piperazine rings is 1. The molecule has 4 nitrogen and oxygen atoms in total. The van der Waals surface area contributed by atoms with Crippen LogP contribution in [0.3, 0.4) is 0 Å². The number of para-hydroxylation sites is 1. The maximum Gasteiger partial charge on any atom is 0.325 e. The number of hydrogen-bond acceptors (Lipinski definition) is 4. The zero-order valence-electron chi connectivity index (χ0n) is 14.3. The molecule has 22 heavy (non-hydrogen) atoms. The van der Waals surface area contributed by atoms with Gasteiger partial charge in [-0.1, -0.05) is 25.1 Å². The molecule has 0 aromatic heterocycles. The molecule has 122 valence electrons. The molecule has 0 atom stereocenters. The van der Waals surface area contributed by atoms with E-state index in [-0.39, 0.29) is 5.97 Å². The van der Waals surface area contributed by atoms with Gasteiger partial charge in [-0.3, -0.25) is 14.6 Å². The third-order valence-electron chi connectivity index (χ3n) is 4.38. The summed E-state index contributed by atoms with van der Waals surface area (Å²) in [7, 11) is 0. The van der Waals surface area contributed by atoms with Crippen molar-refractivity contribution in [2.75, 3.05) is 32.7 Å². The lowest BCUT2D eigenvalue weighted by atomic mass is 10.1. The maximum atomic E-state index is 12.2. The fourth-order valence-corrected chi connectivity index (χ4v) is 2.90. The Kier molecular flexibility index (Phi) is 5.98. The van der Waals surface area contributed by atoms with E-state index < -0.39 is 0 Å². The van der Waals surface area contributed by atoms with Crippen molar-refractivity contribution >= 4 is 5.97 Å². The minimum atomic E-state index is -0.151. The molecule has 1 aliphatic heterocycles. The molecule has 4 heteroatoms. The lowest BCUT2D eigenvalue weighted by Crippen LogP contribution is -2.50. The van der Waals surface area contributed by atoms with Crippen molar-refractivity contribution in [3.63, 3.8) is 0 Å². The molecule has 0 unspecified atom stereocenters. The SMILES string of the molecule is CCc1cccc(C)c1OC(=O)CN1CCN(C(C)C)CC1. The van der Waals surface area contributed by atoms with Crippen molar-refractivity contribution < 1.29 is 9.53 Å². The summed E-state index contributed by atoms with van der Waals surface area (Å²) in [5, 5.41) is 0. The quantitative estimate of drug-likeness (QED) is 0.618. The number of ether oxygens (including phenoxy) is 1. The van der Waals surface area contributed by atoms with Gasteiger partial charge in [0, 0.05) is 32.2 Å². The van der Waals surface area contributed by atoms with Crippen molar-refractivity contribution in [2.24, 2.45) is 0 Å². The molecule has 1 heterocycles. The second-order valence-electron chi connectivity index (χ2n) is 6.30. The first-order valence-corrected chi connectivity index (χ1v) is 8.26. The predicted molar refractivity (Wildman–Crippen MR) is 89.3 cm³/mol. The number of rotatable bonds is 5. The molecule has 2 rings (SSSR count). The van der Waals surface area contributed by atoms with E-state index in [0.717, 1.165) is 49.5 Å². The number of hydrogen-bond donors (Lipinski definition) is 0. The molecular weight excluding hydrogens is 276 g/mol. The highest BCUT2D eigenvalue weighted by atomic mass is 16.5. The molecular formula is C18H28N2O2. The Hall–Kier alpha value is -1.39. The first-order chi connectivity index (χ1) is 10.5. The molecule has 0 N–H and O–H groups in total. The molecule has 0 saturated carbocycles. The highest BCUT2D eigenvalue weighted by molar-refractivity contribution is 5.75. The average molecular weight is 304 g/mol. The predicted octanol–water partition coefficient (Wildman–Crippen LogP) is 2.49. The van der Waals surface area contributed by atoms with E-state index in [1.165, 1.54) is 0 Å². The summed E-state index contributed by atoms with van der Waals surface area (Å²) in [5.41, 5.74) is 2.12. The summed E-state index contributed by atoms with van der Waals surface area (Å²) in [6.45, 7) is 12.8. The van der Waals surface area contributed by atoms with Crippen LogP contribution in [-0.2, 0) is 11.2 Å². The Bertz CT molecular complexity index is 506. The molecule has 0 aliphatic carbocycles. The van der Waals surface area contributed by atoms with Gasteiger partial charge in [-0.05, 0) is 38.3 Å². The van der Waals surface area contributed by atoms with E-state index in [4.69, 9.17) is 4.74 Å². The number of nitrogens with zero attached hydrogens (tertiary/aromatic N) is 2. The Labute approximate surface area is 134 Å². The van der Waals surface area contributed by atoms with Crippen molar-refractivity contribution in [1.82, 2.24) is 9.80 Å². The van der Waals surface area contributed by atoms with Crippen LogP contribution in [0, 0.1) is 6.92 Å². The van der Waals surface area contributed by atoms with Crippen LogP contribution in [0.2, 0.25) is 0 Å². The Balaban J connectivity index is 1.89.